The van der Waals surface area contributed by atoms with E-state index in [1.807, 2.05) is 0 Å². The van der Waals surface area contributed by atoms with E-state index < -0.39 is 0 Å². The zero-order valence-electron chi connectivity index (χ0n) is 10.7. The Labute approximate surface area is 109 Å². The van der Waals surface area contributed by atoms with Crippen molar-refractivity contribution >= 4 is 11.8 Å². The summed E-state index contributed by atoms with van der Waals surface area (Å²) in [4.78, 5) is 0. The minimum absolute atomic E-state index is 0.714. The molecule has 0 heterocycles. The standard InChI is InChI=1S/C15H23NS/c1-16-14-10-6-3-7-11-15(14)17-12-13-8-4-2-5-9-13/h2,4-5,8-9,14-16H,3,6-7,10-12H2,1H3. The lowest BCUT2D eigenvalue weighted by Gasteiger charge is -2.24. The predicted molar refractivity (Wildman–Crippen MR) is 77.5 cm³/mol. The van der Waals surface area contributed by atoms with Gasteiger partial charge in [-0.25, -0.2) is 0 Å². The Hall–Kier alpha value is -0.470. The molecule has 2 heteroatoms. The van der Waals surface area contributed by atoms with E-state index in [0.29, 0.717) is 6.04 Å². The maximum absolute atomic E-state index is 3.51. The van der Waals surface area contributed by atoms with Crippen LogP contribution in [0.2, 0.25) is 0 Å². The summed E-state index contributed by atoms with van der Waals surface area (Å²) in [6, 6.07) is 11.6. The average Bonchev–Trinajstić information content (AvgIpc) is 2.62. The lowest BCUT2D eigenvalue weighted by atomic mass is 10.1. The summed E-state index contributed by atoms with van der Waals surface area (Å²) in [5.41, 5.74) is 1.46. The summed E-state index contributed by atoms with van der Waals surface area (Å²) in [5.74, 6) is 1.16. The minimum atomic E-state index is 0.714. The van der Waals surface area contributed by atoms with Gasteiger partial charge in [0, 0.05) is 17.0 Å². The molecule has 0 saturated heterocycles. The highest BCUT2D eigenvalue weighted by molar-refractivity contribution is 7.99. The molecule has 1 N–H and O–H groups in total. The third kappa shape index (κ3) is 4.04. The molecule has 1 nitrogen and oxygen atoms in total. The first-order valence-electron chi connectivity index (χ1n) is 6.73. The molecule has 1 saturated carbocycles. The van der Waals surface area contributed by atoms with Crippen LogP contribution in [0.3, 0.4) is 0 Å². The van der Waals surface area contributed by atoms with Gasteiger partial charge in [-0.1, -0.05) is 49.6 Å². The van der Waals surface area contributed by atoms with E-state index in [1.165, 1.54) is 37.7 Å². The van der Waals surface area contributed by atoms with E-state index in [9.17, 15) is 0 Å². The second-order valence-corrected chi connectivity index (χ2v) is 6.10. The Morgan fingerprint density at radius 2 is 1.88 bits per heavy atom. The Morgan fingerprint density at radius 1 is 1.12 bits per heavy atom. The number of benzene rings is 1. The smallest absolute Gasteiger partial charge is 0.0204 e. The van der Waals surface area contributed by atoms with Gasteiger partial charge in [0.1, 0.15) is 0 Å². The first-order valence-corrected chi connectivity index (χ1v) is 7.78. The normalized spacial score (nSPS) is 25.5. The second kappa shape index (κ2) is 7.07. The van der Waals surface area contributed by atoms with E-state index in [2.05, 4.69) is 54.5 Å². The SMILES string of the molecule is CNC1CCCCCC1SCc1ccccc1. The van der Waals surface area contributed by atoms with Gasteiger partial charge in [-0.05, 0) is 25.5 Å². The molecule has 1 aromatic carbocycles. The van der Waals surface area contributed by atoms with Crippen molar-refractivity contribution in [3.63, 3.8) is 0 Å². The Bertz CT molecular complexity index is 312. The van der Waals surface area contributed by atoms with Gasteiger partial charge in [-0.15, -0.1) is 0 Å². The quantitative estimate of drug-likeness (QED) is 0.814. The Balaban J connectivity index is 1.87. The molecular formula is C15H23NS. The van der Waals surface area contributed by atoms with Gasteiger partial charge in [0.25, 0.3) is 0 Å². The zero-order chi connectivity index (χ0) is 11.9. The number of hydrogen-bond acceptors (Lipinski definition) is 2. The molecule has 0 spiro atoms. The topological polar surface area (TPSA) is 12.0 Å². The molecule has 2 unspecified atom stereocenters. The van der Waals surface area contributed by atoms with Crippen molar-refractivity contribution in [2.45, 2.75) is 49.1 Å². The molecule has 1 fully saturated rings. The van der Waals surface area contributed by atoms with E-state index >= 15 is 0 Å². The van der Waals surface area contributed by atoms with Crippen molar-refractivity contribution in [1.82, 2.24) is 5.32 Å². The molecule has 1 aromatic rings. The lowest BCUT2D eigenvalue weighted by molar-refractivity contribution is 0.510. The molecule has 94 valence electrons. The summed E-state index contributed by atoms with van der Waals surface area (Å²) in [7, 11) is 2.12. The number of rotatable bonds is 4. The number of nitrogens with one attached hydrogen (secondary N) is 1. The van der Waals surface area contributed by atoms with Crippen molar-refractivity contribution in [3.8, 4) is 0 Å². The van der Waals surface area contributed by atoms with Gasteiger partial charge in [0.15, 0.2) is 0 Å². The second-order valence-electron chi connectivity index (χ2n) is 4.87. The van der Waals surface area contributed by atoms with Crippen LogP contribution in [-0.2, 0) is 5.75 Å². The first kappa shape index (κ1) is 13.0. The lowest BCUT2D eigenvalue weighted by Crippen LogP contribution is -2.34. The summed E-state index contributed by atoms with van der Waals surface area (Å²) in [6.07, 6.45) is 6.95. The van der Waals surface area contributed by atoms with Crippen molar-refractivity contribution in [3.05, 3.63) is 35.9 Å². The van der Waals surface area contributed by atoms with Crippen LogP contribution in [0, 0.1) is 0 Å². The number of thioether (sulfide) groups is 1. The van der Waals surface area contributed by atoms with Crippen LogP contribution in [0.25, 0.3) is 0 Å². The Morgan fingerprint density at radius 3 is 2.65 bits per heavy atom. The van der Waals surface area contributed by atoms with Crippen molar-refractivity contribution in [2.75, 3.05) is 7.05 Å². The summed E-state index contributed by atoms with van der Waals surface area (Å²) in [6.45, 7) is 0. The van der Waals surface area contributed by atoms with Crippen LogP contribution >= 0.6 is 11.8 Å². The van der Waals surface area contributed by atoms with Gasteiger partial charge >= 0.3 is 0 Å². The molecule has 0 aliphatic heterocycles. The molecule has 1 aliphatic carbocycles. The summed E-state index contributed by atoms with van der Waals surface area (Å²) < 4.78 is 0. The highest BCUT2D eigenvalue weighted by Crippen LogP contribution is 2.29. The van der Waals surface area contributed by atoms with E-state index in [4.69, 9.17) is 0 Å². The molecule has 0 radical (unpaired) electrons. The first-order chi connectivity index (χ1) is 8.40. The van der Waals surface area contributed by atoms with Crippen molar-refractivity contribution < 1.29 is 0 Å². The zero-order valence-corrected chi connectivity index (χ0v) is 11.5. The number of hydrogen-bond donors (Lipinski definition) is 1. The molecule has 2 atom stereocenters. The van der Waals surface area contributed by atoms with E-state index in [1.54, 1.807) is 0 Å². The molecular weight excluding hydrogens is 226 g/mol. The third-order valence-corrected chi connectivity index (χ3v) is 5.12. The average molecular weight is 249 g/mol. The molecule has 0 amide bonds. The van der Waals surface area contributed by atoms with Gasteiger partial charge in [-0.2, -0.15) is 11.8 Å². The largest absolute Gasteiger partial charge is 0.316 e. The van der Waals surface area contributed by atoms with E-state index in [-0.39, 0.29) is 0 Å². The maximum atomic E-state index is 3.51. The fourth-order valence-corrected chi connectivity index (χ4v) is 4.02. The van der Waals surface area contributed by atoms with Crippen LogP contribution in [0.1, 0.15) is 37.7 Å². The van der Waals surface area contributed by atoms with Crippen LogP contribution in [-0.4, -0.2) is 18.3 Å². The molecule has 1 aliphatic rings. The minimum Gasteiger partial charge on any atom is -0.316 e. The van der Waals surface area contributed by atoms with Gasteiger partial charge in [0.05, 0.1) is 0 Å². The third-order valence-electron chi connectivity index (χ3n) is 3.63. The predicted octanol–water partition coefficient (Wildman–Crippen LogP) is 3.84. The van der Waals surface area contributed by atoms with Gasteiger partial charge < -0.3 is 5.32 Å². The van der Waals surface area contributed by atoms with Crippen LogP contribution in [0.4, 0.5) is 0 Å². The molecule has 2 rings (SSSR count). The van der Waals surface area contributed by atoms with Gasteiger partial charge in [0.2, 0.25) is 0 Å². The van der Waals surface area contributed by atoms with Crippen molar-refractivity contribution in [1.29, 1.82) is 0 Å². The molecule has 17 heavy (non-hydrogen) atoms. The van der Waals surface area contributed by atoms with Crippen LogP contribution < -0.4 is 5.32 Å². The monoisotopic (exact) mass is 249 g/mol. The van der Waals surface area contributed by atoms with Crippen LogP contribution in [0.15, 0.2) is 30.3 Å². The highest BCUT2D eigenvalue weighted by Gasteiger charge is 2.22. The molecule has 0 aromatic heterocycles. The Kier molecular flexibility index (Phi) is 5.40. The van der Waals surface area contributed by atoms with E-state index in [0.717, 1.165) is 11.0 Å². The van der Waals surface area contributed by atoms with Gasteiger partial charge in [-0.3, -0.25) is 0 Å². The molecule has 0 bridgehead atoms. The van der Waals surface area contributed by atoms with Crippen molar-refractivity contribution in [2.24, 2.45) is 0 Å². The van der Waals surface area contributed by atoms with Crippen LogP contribution in [0.5, 0.6) is 0 Å². The highest BCUT2D eigenvalue weighted by atomic mass is 32.2. The maximum Gasteiger partial charge on any atom is 0.0204 e. The summed E-state index contributed by atoms with van der Waals surface area (Å²) in [5, 5.41) is 4.30. The fourth-order valence-electron chi connectivity index (χ4n) is 2.58. The fraction of sp³-hybridized carbons (Fsp3) is 0.600. The summed E-state index contributed by atoms with van der Waals surface area (Å²) >= 11 is 2.13.